The summed E-state index contributed by atoms with van der Waals surface area (Å²) in [6.07, 6.45) is 1.47. The Hall–Kier alpha value is -3.24. The lowest BCUT2D eigenvalue weighted by Gasteiger charge is -2.14. The molecule has 1 aliphatic rings. The van der Waals surface area contributed by atoms with Gasteiger partial charge in [-0.3, -0.25) is 18.7 Å². The Morgan fingerprint density at radius 3 is 2.39 bits per heavy atom. The lowest BCUT2D eigenvalue weighted by molar-refractivity contribution is 0.0969. The summed E-state index contributed by atoms with van der Waals surface area (Å²) in [5.74, 6) is -0.511. The van der Waals surface area contributed by atoms with Gasteiger partial charge in [0.15, 0.2) is 5.78 Å². The number of phenolic OH excluding ortho intramolecular Hbond substituents is 1. The predicted octanol–water partition coefficient (Wildman–Crippen LogP) is 1.12. The molecule has 10 heteroatoms. The van der Waals surface area contributed by atoms with Crippen LogP contribution in [0.25, 0.3) is 10.9 Å². The van der Waals surface area contributed by atoms with E-state index in [0.29, 0.717) is 0 Å². The van der Waals surface area contributed by atoms with Crippen molar-refractivity contribution in [3.63, 3.8) is 0 Å². The van der Waals surface area contributed by atoms with Gasteiger partial charge in [-0.05, 0) is 62.2 Å². The van der Waals surface area contributed by atoms with Gasteiger partial charge in [0.05, 0.1) is 22.3 Å². The number of ketones is 1. The molecule has 0 amide bonds. The molecule has 1 heterocycles. The van der Waals surface area contributed by atoms with Gasteiger partial charge in [0, 0.05) is 18.2 Å². The van der Waals surface area contributed by atoms with Crippen LogP contribution in [0.2, 0.25) is 0 Å². The van der Waals surface area contributed by atoms with Crippen molar-refractivity contribution in [2.75, 3.05) is 0 Å². The van der Waals surface area contributed by atoms with Gasteiger partial charge in [-0.2, -0.15) is 0 Å². The number of hydrogen-bond acceptors (Lipinski definition) is 6. The fourth-order valence-electron chi connectivity index (χ4n) is 3.36. The minimum absolute atomic E-state index is 0.0160. The monoisotopic (exact) mass is 443 g/mol. The molecule has 31 heavy (non-hydrogen) atoms. The van der Waals surface area contributed by atoms with Crippen LogP contribution in [-0.2, 0) is 23.6 Å². The molecule has 0 radical (unpaired) electrons. The largest absolute Gasteiger partial charge is 0.508 e. The summed E-state index contributed by atoms with van der Waals surface area (Å²) in [4.78, 5) is 38.2. The second-order valence-corrected chi connectivity index (χ2v) is 9.73. The highest BCUT2D eigenvalue weighted by Gasteiger charge is 2.41. The standard InChI is InChI=1S/C21H21N3O6S/c1-21(9-10-21)22-31(29,30)15-7-8-17-16(11-15)19(27)24(20(28)23(17)2)12-18(26)13-3-5-14(25)6-4-13/h3-8,11,22,25H,9-10,12H2,1-2H3. The Bertz CT molecular complexity index is 1430. The SMILES string of the molecule is Cn1c(=O)n(CC(=O)c2ccc(O)cc2)c(=O)c2cc(S(=O)(=O)NC3(C)CC3)ccc21. The summed E-state index contributed by atoms with van der Waals surface area (Å²) < 4.78 is 30.0. The minimum Gasteiger partial charge on any atom is -0.508 e. The molecule has 0 atom stereocenters. The number of aryl methyl sites for hydroxylation is 1. The summed E-state index contributed by atoms with van der Waals surface area (Å²) in [5, 5.41) is 9.38. The summed E-state index contributed by atoms with van der Waals surface area (Å²) >= 11 is 0. The molecule has 1 aliphatic carbocycles. The minimum atomic E-state index is -3.85. The molecule has 2 aromatic carbocycles. The molecule has 162 valence electrons. The number of phenols is 1. The van der Waals surface area contributed by atoms with E-state index in [0.717, 1.165) is 17.4 Å². The highest BCUT2D eigenvalue weighted by Crippen LogP contribution is 2.36. The summed E-state index contributed by atoms with van der Waals surface area (Å²) in [6, 6.07) is 9.44. The molecular weight excluding hydrogens is 422 g/mol. The van der Waals surface area contributed by atoms with Crippen LogP contribution in [0.1, 0.15) is 30.1 Å². The van der Waals surface area contributed by atoms with Crippen molar-refractivity contribution in [3.05, 3.63) is 68.9 Å². The lowest BCUT2D eigenvalue weighted by atomic mass is 10.1. The maximum atomic E-state index is 13.0. The smallest absolute Gasteiger partial charge is 0.331 e. The maximum Gasteiger partial charge on any atom is 0.331 e. The van der Waals surface area contributed by atoms with Crippen molar-refractivity contribution < 1.29 is 18.3 Å². The Labute approximate surface area is 177 Å². The Kier molecular flexibility index (Phi) is 4.86. The number of aromatic nitrogens is 2. The number of sulfonamides is 1. The second kappa shape index (κ2) is 7.17. The molecule has 0 spiro atoms. The molecule has 0 bridgehead atoms. The molecule has 4 rings (SSSR count). The number of benzene rings is 2. The first-order chi connectivity index (χ1) is 14.5. The Morgan fingerprint density at radius 1 is 1.13 bits per heavy atom. The number of hydrogen-bond donors (Lipinski definition) is 2. The van der Waals surface area contributed by atoms with Crippen LogP contribution >= 0.6 is 0 Å². The van der Waals surface area contributed by atoms with E-state index in [1.54, 1.807) is 6.92 Å². The van der Waals surface area contributed by atoms with Gasteiger partial charge in [-0.1, -0.05) is 0 Å². The number of nitrogens with zero attached hydrogens (tertiary/aromatic N) is 2. The molecule has 2 N–H and O–H groups in total. The Balaban J connectivity index is 1.79. The number of rotatable bonds is 6. The van der Waals surface area contributed by atoms with E-state index in [1.165, 1.54) is 54.1 Å². The van der Waals surface area contributed by atoms with Crippen molar-refractivity contribution in [3.8, 4) is 5.75 Å². The fraction of sp³-hybridized carbons (Fsp3) is 0.286. The first-order valence-electron chi connectivity index (χ1n) is 9.61. The van der Waals surface area contributed by atoms with Crippen molar-refractivity contribution in [2.24, 2.45) is 7.05 Å². The van der Waals surface area contributed by atoms with E-state index in [2.05, 4.69) is 4.72 Å². The van der Waals surface area contributed by atoms with E-state index in [9.17, 15) is 27.9 Å². The van der Waals surface area contributed by atoms with Gasteiger partial charge in [-0.15, -0.1) is 0 Å². The topological polar surface area (TPSA) is 127 Å². The molecule has 0 aliphatic heterocycles. The third-order valence-corrected chi connectivity index (χ3v) is 7.14. The highest BCUT2D eigenvalue weighted by atomic mass is 32.2. The van der Waals surface area contributed by atoms with Crippen LogP contribution in [-0.4, -0.2) is 34.0 Å². The van der Waals surface area contributed by atoms with Crippen LogP contribution in [0.15, 0.2) is 56.9 Å². The zero-order valence-electron chi connectivity index (χ0n) is 17.0. The van der Waals surface area contributed by atoms with E-state index in [-0.39, 0.29) is 27.1 Å². The van der Waals surface area contributed by atoms with Gasteiger partial charge < -0.3 is 5.11 Å². The zero-order chi connectivity index (χ0) is 22.6. The van der Waals surface area contributed by atoms with E-state index in [4.69, 9.17) is 0 Å². The van der Waals surface area contributed by atoms with Gasteiger partial charge in [0.1, 0.15) is 5.75 Å². The van der Waals surface area contributed by atoms with Gasteiger partial charge in [0.2, 0.25) is 10.0 Å². The summed E-state index contributed by atoms with van der Waals surface area (Å²) in [6.45, 7) is 1.29. The van der Waals surface area contributed by atoms with E-state index >= 15 is 0 Å². The third-order valence-electron chi connectivity index (χ3n) is 5.50. The zero-order valence-corrected chi connectivity index (χ0v) is 17.8. The molecule has 1 saturated carbocycles. The number of carbonyl (C=O) groups is 1. The molecule has 3 aromatic rings. The Morgan fingerprint density at radius 2 is 1.77 bits per heavy atom. The van der Waals surface area contributed by atoms with Crippen LogP contribution in [0, 0.1) is 0 Å². The van der Waals surface area contributed by atoms with Crippen molar-refractivity contribution in [1.82, 2.24) is 13.9 Å². The molecule has 1 fully saturated rings. The van der Waals surface area contributed by atoms with Crippen LogP contribution in [0.3, 0.4) is 0 Å². The molecule has 9 nitrogen and oxygen atoms in total. The summed E-state index contributed by atoms with van der Waals surface area (Å²) in [5.41, 5.74) is -1.43. The quantitative estimate of drug-likeness (QED) is 0.550. The van der Waals surface area contributed by atoms with Gasteiger partial charge >= 0.3 is 5.69 Å². The molecule has 0 saturated heterocycles. The van der Waals surface area contributed by atoms with Gasteiger partial charge in [0.25, 0.3) is 5.56 Å². The summed E-state index contributed by atoms with van der Waals surface area (Å²) in [7, 11) is -2.40. The normalized spacial score (nSPS) is 15.2. The van der Waals surface area contributed by atoms with Crippen molar-refractivity contribution >= 4 is 26.7 Å². The molecule has 1 aromatic heterocycles. The van der Waals surface area contributed by atoms with Crippen molar-refractivity contribution in [2.45, 2.75) is 36.7 Å². The highest BCUT2D eigenvalue weighted by molar-refractivity contribution is 7.89. The second-order valence-electron chi connectivity index (χ2n) is 8.05. The lowest BCUT2D eigenvalue weighted by Crippen LogP contribution is -2.41. The van der Waals surface area contributed by atoms with E-state index < -0.39 is 39.1 Å². The van der Waals surface area contributed by atoms with Crippen molar-refractivity contribution in [1.29, 1.82) is 0 Å². The number of Topliss-reactive ketones (excluding diaryl/α,β-unsaturated/α-hetero) is 1. The molecule has 0 unspecified atom stereocenters. The fourth-order valence-corrected chi connectivity index (χ4v) is 4.85. The van der Waals surface area contributed by atoms with Crippen LogP contribution < -0.4 is 16.0 Å². The van der Waals surface area contributed by atoms with Crippen LogP contribution in [0.4, 0.5) is 0 Å². The van der Waals surface area contributed by atoms with Crippen LogP contribution in [0.5, 0.6) is 5.75 Å². The first-order valence-corrected chi connectivity index (χ1v) is 11.1. The number of fused-ring (bicyclic) bond motifs is 1. The van der Waals surface area contributed by atoms with E-state index in [1.807, 2.05) is 0 Å². The predicted molar refractivity (Wildman–Crippen MR) is 114 cm³/mol. The average molecular weight is 443 g/mol. The first kappa shape index (κ1) is 21.0. The number of nitrogens with one attached hydrogen (secondary N) is 1. The third kappa shape index (κ3) is 3.91. The number of carbonyl (C=O) groups excluding carboxylic acids is 1. The van der Waals surface area contributed by atoms with Gasteiger partial charge in [-0.25, -0.2) is 17.9 Å². The maximum absolute atomic E-state index is 13.0. The molecular formula is C21H21N3O6S. The number of aromatic hydroxyl groups is 1. The average Bonchev–Trinajstić information content (AvgIpc) is 3.45.